The van der Waals surface area contributed by atoms with Gasteiger partial charge in [-0.05, 0) is 18.2 Å². The summed E-state index contributed by atoms with van der Waals surface area (Å²) in [6.07, 6.45) is 1.45. The van der Waals surface area contributed by atoms with Crippen molar-refractivity contribution in [2.45, 2.75) is 6.54 Å². The molecule has 0 radical (unpaired) electrons. The molecule has 0 saturated carbocycles. The first kappa shape index (κ1) is 9.98. The maximum Gasteiger partial charge on any atom is 0.143 e. The van der Waals surface area contributed by atoms with E-state index >= 15 is 0 Å². The van der Waals surface area contributed by atoms with Gasteiger partial charge in [0.15, 0.2) is 0 Å². The Hall–Kier alpha value is -2.55. The summed E-state index contributed by atoms with van der Waals surface area (Å²) in [7, 11) is 0. The van der Waals surface area contributed by atoms with Gasteiger partial charge >= 0.3 is 0 Å². The third-order valence-electron chi connectivity index (χ3n) is 2.10. The van der Waals surface area contributed by atoms with Gasteiger partial charge in [0.05, 0.1) is 17.8 Å². The number of hydrogen-bond donors (Lipinski definition) is 3. The highest BCUT2D eigenvalue weighted by atomic mass is 15.2. The molecule has 2 aromatic rings. The van der Waals surface area contributed by atoms with Crippen LogP contribution in [0.15, 0.2) is 24.5 Å². The van der Waals surface area contributed by atoms with Gasteiger partial charge in [0.25, 0.3) is 0 Å². The molecule has 1 aromatic carbocycles. The van der Waals surface area contributed by atoms with E-state index in [0.717, 1.165) is 11.5 Å². The number of rotatable bonds is 3. The zero-order chi connectivity index (χ0) is 11.4. The molecular weight excluding hydrogens is 204 g/mol. The minimum Gasteiger partial charge on any atom is -0.398 e. The summed E-state index contributed by atoms with van der Waals surface area (Å²) in [6.45, 7) is 0.533. The Morgan fingerprint density at radius 1 is 1.50 bits per heavy atom. The average Bonchev–Trinajstić information content (AvgIpc) is 2.79. The lowest BCUT2D eigenvalue weighted by Gasteiger charge is -2.05. The molecular formula is C10H10N6. The average molecular weight is 214 g/mol. The highest BCUT2D eigenvalue weighted by Gasteiger charge is 2.00. The molecule has 4 N–H and O–H groups in total. The van der Waals surface area contributed by atoms with Gasteiger partial charge in [-0.2, -0.15) is 10.4 Å². The van der Waals surface area contributed by atoms with E-state index in [1.165, 1.54) is 6.33 Å². The van der Waals surface area contributed by atoms with E-state index in [0.29, 0.717) is 17.8 Å². The van der Waals surface area contributed by atoms with Crippen molar-refractivity contribution in [3.05, 3.63) is 35.9 Å². The van der Waals surface area contributed by atoms with E-state index in [9.17, 15) is 0 Å². The summed E-state index contributed by atoms with van der Waals surface area (Å²) in [5.74, 6) is 0.739. The molecule has 6 heteroatoms. The Labute approximate surface area is 92.1 Å². The van der Waals surface area contributed by atoms with Crippen LogP contribution in [-0.4, -0.2) is 15.2 Å². The molecule has 16 heavy (non-hydrogen) atoms. The van der Waals surface area contributed by atoms with Gasteiger partial charge in [-0.3, -0.25) is 5.10 Å². The first-order valence-electron chi connectivity index (χ1n) is 4.67. The second-order valence-corrected chi connectivity index (χ2v) is 3.20. The first-order chi connectivity index (χ1) is 7.79. The van der Waals surface area contributed by atoms with Crippen molar-refractivity contribution in [2.75, 3.05) is 11.1 Å². The third kappa shape index (κ3) is 2.09. The van der Waals surface area contributed by atoms with Gasteiger partial charge < -0.3 is 11.1 Å². The van der Waals surface area contributed by atoms with Crippen LogP contribution in [0.25, 0.3) is 0 Å². The highest BCUT2D eigenvalue weighted by Crippen LogP contribution is 2.17. The molecule has 0 amide bonds. The molecule has 0 bridgehead atoms. The molecule has 0 aliphatic carbocycles. The summed E-state index contributed by atoms with van der Waals surface area (Å²) >= 11 is 0. The van der Waals surface area contributed by atoms with E-state index in [2.05, 4.69) is 20.5 Å². The van der Waals surface area contributed by atoms with Crippen molar-refractivity contribution < 1.29 is 0 Å². The topological polar surface area (TPSA) is 103 Å². The molecule has 0 unspecified atom stereocenters. The van der Waals surface area contributed by atoms with Crippen LogP contribution in [0.1, 0.15) is 11.4 Å². The van der Waals surface area contributed by atoms with Gasteiger partial charge in [0.2, 0.25) is 0 Å². The Morgan fingerprint density at radius 2 is 2.38 bits per heavy atom. The van der Waals surface area contributed by atoms with Crippen molar-refractivity contribution in [2.24, 2.45) is 0 Å². The molecule has 0 atom stereocenters. The van der Waals surface area contributed by atoms with Crippen LogP contribution in [0, 0.1) is 11.3 Å². The SMILES string of the molecule is N#Cc1ccc(NCc2ncn[nH]2)cc1N. The Kier molecular flexibility index (Phi) is 2.69. The normalized spacial score (nSPS) is 9.69. The number of nitrogens with two attached hydrogens (primary N) is 1. The number of nitrogens with zero attached hydrogens (tertiary/aromatic N) is 3. The Balaban J connectivity index is 2.06. The standard InChI is InChI=1S/C10H10N6/c11-4-7-1-2-8(3-9(7)12)13-5-10-14-6-15-16-10/h1-3,6,13H,5,12H2,(H,14,15,16). The molecule has 0 aliphatic rings. The number of benzene rings is 1. The molecule has 80 valence electrons. The summed E-state index contributed by atoms with van der Waals surface area (Å²) in [4.78, 5) is 3.97. The molecule has 1 heterocycles. The van der Waals surface area contributed by atoms with E-state index in [-0.39, 0.29) is 0 Å². The van der Waals surface area contributed by atoms with Crippen molar-refractivity contribution in [1.29, 1.82) is 5.26 Å². The lowest BCUT2D eigenvalue weighted by molar-refractivity contribution is 0.955. The van der Waals surface area contributed by atoms with Crippen LogP contribution in [0.4, 0.5) is 11.4 Å². The van der Waals surface area contributed by atoms with Crippen LogP contribution < -0.4 is 11.1 Å². The Bertz CT molecular complexity index is 511. The number of aromatic nitrogens is 3. The maximum atomic E-state index is 8.72. The number of nitrogen functional groups attached to an aromatic ring is 1. The summed E-state index contributed by atoms with van der Waals surface area (Å²) < 4.78 is 0. The Morgan fingerprint density at radius 3 is 3.00 bits per heavy atom. The fourth-order valence-corrected chi connectivity index (χ4v) is 1.28. The molecule has 0 spiro atoms. The summed E-state index contributed by atoms with van der Waals surface area (Å²) in [6, 6.07) is 7.20. The van der Waals surface area contributed by atoms with Crippen LogP contribution in [0.3, 0.4) is 0 Å². The van der Waals surface area contributed by atoms with E-state index in [1.807, 2.05) is 6.07 Å². The molecule has 0 fully saturated rings. The molecule has 2 rings (SSSR count). The molecule has 0 aliphatic heterocycles. The van der Waals surface area contributed by atoms with Crippen LogP contribution >= 0.6 is 0 Å². The van der Waals surface area contributed by atoms with Crippen molar-refractivity contribution in [3.8, 4) is 6.07 Å². The lowest BCUT2D eigenvalue weighted by Crippen LogP contribution is -2.02. The molecule has 0 saturated heterocycles. The number of nitriles is 1. The predicted molar refractivity (Wildman–Crippen MR) is 59.3 cm³/mol. The monoisotopic (exact) mass is 214 g/mol. The van der Waals surface area contributed by atoms with E-state index in [1.54, 1.807) is 18.2 Å². The zero-order valence-corrected chi connectivity index (χ0v) is 8.44. The fraction of sp³-hybridized carbons (Fsp3) is 0.100. The minimum atomic E-state index is 0.463. The fourth-order valence-electron chi connectivity index (χ4n) is 1.28. The second-order valence-electron chi connectivity index (χ2n) is 3.20. The van der Waals surface area contributed by atoms with Crippen LogP contribution in [0.5, 0.6) is 0 Å². The number of H-pyrrole nitrogens is 1. The third-order valence-corrected chi connectivity index (χ3v) is 2.10. The first-order valence-corrected chi connectivity index (χ1v) is 4.67. The second kappa shape index (κ2) is 4.31. The number of aromatic amines is 1. The maximum absolute atomic E-state index is 8.72. The van der Waals surface area contributed by atoms with Gasteiger partial charge in [-0.1, -0.05) is 0 Å². The highest BCUT2D eigenvalue weighted by molar-refractivity contribution is 5.62. The van der Waals surface area contributed by atoms with Gasteiger partial charge in [0.1, 0.15) is 18.2 Å². The largest absolute Gasteiger partial charge is 0.398 e. The van der Waals surface area contributed by atoms with Crippen molar-refractivity contribution >= 4 is 11.4 Å². The van der Waals surface area contributed by atoms with Gasteiger partial charge in [-0.15, -0.1) is 0 Å². The quantitative estimate of drug-likeness (QED) is 0.658. The molecule has 6 nitrogen and oxygen atoms in total. The van der Waals surface area contributed by atoms with Crippen LogP contribution in [-0.2, 0) is 6.54 Å². The lowest BCUT2D eigenvalue weighted by atomic mass is 10.2. The number of nitrogens with one attached hydrogen (secondary N) is 2. The number of anilines is 2. The van der Waals surface area contributed by atoms with Crippen molar-refractivity contribution in [3.63, 3.8) is 0 Å². The predicted octanol–water partition coefficient (Wildman–Crippen LogP) is 0.871. The van der Waals surface area contributed by atoms with Crippen LogP contribution in [0.2, 0.25) is 0 Å². The minimum absolute atomic E-state index is 0.463. The molecule has 1 aromatic heterocycles. The van der Waals surface area contributed by atoms with E-state index in [4.69, 9.17) is 11.0 Å². The van der Waals surface area contributed by atoms with E-state index < -0.39 is 0 Å². The van der Waals surface area contributed by atoms with Gasteiger partial charge in [0, 0.05) is 5.69 Å². The summed E-state index contributed by atoms with van der Waals surface area (Å²) in [5, 5.41) is 18.3. The van der Waals surface area contributed by atoms with Crippen molar-refractivity contribution in [1.82, 2.24) is 15.2 Å². The smallest absolute Gasteiger partial charge is 0.143 e. The number of hydrogen-bond acceptors (Lipinski definition) is 5. The van der Waals surface area contributed by atoms with Gasteiger partial charge in [-0.25, -0.2) is 4.98 Å². The zero-order valence-electron chi connectivity index (χ0n) is 8.44. The summed E-state index contributed by atoms with van der Waals surface area (Å²) in [5.41, 5.74) is 7.46.